The van der Waals surface area contributed by atoms with Crippen LogP contribution in [0.3, 0.4) is 0 Å². The Hall–Kier alpha value is -2.45. The first kappa shape index (κ1) is 23.2. The number of sulfone groups is 1. The van der Waals surface area contributed by atoms with Crippen LogP contribution in [0.1, 0.15) is 28.1 Å². The standard InChI is InChI=1S/C23H32N4O3S/c1-18-5-7-21(8-6-18)17-27-20(3)22(19(2)24-27)9-10-23(28)26-13-11-25(12-14-26)15-16-31(4,29)30/h5-10H,11-17H2,1-4H3/b10-9+. The van der Waals surface area contributed by atoms with Crippen LogP contribution in [0.4, 0.5) is 0 Å². The molecule has 1 aromatic heterocycles. The van der Waals surface area contributed by atoms with Gasteiger partial charge in [-0.1, -0.05) is 29.8 Å². The van der Waals surface area contributed by atoms with Crippen molar-refractivity contribution in [2.24, 2.45) is 0 Å². The number of carbonyl (C=O) groups excluding carboxylic acids is 1. The molecule has 1 saturated heterocycles. The highest BCUT2D eigenvalue weighted by molar-refractivity contribution is 7.90. The van der Waals surface area contributed by atoms with Crippen LogP contribution in [0.15, 0.2) is 30.3 Å². The zero-order chi connectivity index (χ0) is 22.6. The van der Waals surface area contributed by atoms with Crippen molar-refractivity contribution < 1.29 is 13.2 Å². The van der Waals surface area contributed by atoms with Crippen molar-refractivity contribution in [3.05, 3.63) is 58.4 Å². The molecule has 7 nitrogen and oxygen atoms in total. The molecule has 0 aliphatic carbocycles. The average molecular weight is 445 g/mol. The number of hydrogen-bond donors (Lipinski definition) is 0. The first-order valence-corrected chi connectivity index (χ1v) is 12.6. The summed E-state index contributed by atoms with van der Waals surface area (Å²) in [4.78, 5) is 16.6. The summed E-state index contributed by atoms with van der Waals surface area (Å²) in [5.74, 6) is 0.138. The third-order valence-corrected chi connectivity index (χ3v) is 6.67. The SMILES string of the molecule is Cc1ccc(Cn2nc(C)c(/C=C/C(=O)N3CCN(CCS(C)(=O)=O)CC3)c2C)cc1. The summed E-state index contributed by atoms with van der Waals surface area (Å²) in [5, 5.41) is 4.65. The molecule has 0 N–H and O–H groups in total. The highest BCUT2D eigenvalue weighted by Crippen LogP contribution is 2.17. The molecule has 0 bridgehead atoms. The molecule has 31 heavy (non-hydrogen) atoms. The molecule has 1 fully saturated rings. The molecule has 2 aromatic rings. The Morgan fingerprint density at radius 2 is 1.71 bits per heavy atom. The zero-order valence-corrected chi connectivity index (χ0v) is 19.7. The summed E-state index contributed by atoms with van der Waals surface area (Å²) in [6.07, 6.45) is 4.74. The molecule has 0 unspecified atom stereocenters. The Kier molecular flexibility index (Phi) is 7.33. The van der Waals surface area contributed by atoms with Gasteiger partial charge in [0.2, 0.25) is 5.91 Å². The molecular weight excluding hydrogens is 412 g/mol. The summed E-state index contributed by atoms with van der Waals surface area (Å²) in [6, 6.07) is 8.42. The van der Waals surface area contributed by atoms with Gasteiger partial charge in [0.05, 0.1) is 18.0 Å². The smallest absolute Gasteiger partial charge is 0.246 e. The summed E-state index contributed by atoms with van der Waals surface area (Å²) in [7, 11) is -2.96. The lowest BCUT2D eigenvalue weighted by Crippen LogP contribution is -2.49. The van der Waals surface area contributed by atoms with E-state index in [1.807, 2.05) is 29.5 Å². The van der Waals surface area contributed by atoms with Crippen LogP contribution in [-0.4, -0.2) is 78.6 Å². The fourth-order valence-electron chi connectivity index (χ4n) is 3.72. The van der Waals surface area contributed by atoms with Gasteiger partial charge in [-0.25, -0.2) is 8.42 Å². The molecule has 168 valence electrons. The van der Waals surface area contributed by atoms with Crippen LogP contribution in [0.25, 0.3) is 6.08 Å². The quantitative estimate of drug-likeness (QED) is 0.611. The number of benzene rings is 1. The van der Waals surface area contributed by atoms with E-state index in [1.165, 1.54) is 17.4 Å². The maximum absolute atomic E-state index is 12.6. The number of piperazine rings is 1. The molecule has 1 aromatic carbocycles. The first-order chi connectivity index (χ1) is 14.6. The molecular formula is C23H32N4O3S. The van der Waals surface area contributed by atoms with Gasteiger partial charge >= 0.3 is 0 Å². The molecule has 1 amide bonds. The van der Waals surface area contributed by atoms with E-state index in [4.69, 9.17) is 0 Å². The van der Waals surface area contributed by atoms with Crippen molar-refractivity contribution in [2.45, 2.75) is 27.3 Å². The third kappa shape index (κ3) is 6.51. The van der Waals surface area contributed by atoms with Crippen LogP contribution < -0.4 is 0 Å². The Labute approximate surface area is 185 Å². The average Bonchev–Trinajstić information content (AvgIpc) is 2.99. The van der Waals surface area contributed by atoms with Gasteiger partial charge in [0.1, 0.15) is 9.84 Å². The molecule has 0 radical (unpaired) electrons. The molecule has 3 rings (SSSR count). The third-order valence-electron chi connectivity index (χ3n) is 5.75. The number of hydrogen-bond acceptors (Lipinski definition) is 5. The summed E-state index contributed by atoms with van der Waals surface area (Å²) in [6.45, 7) is 9.89. The number of rotatable bonds is 7. The van der Waals surface area contributed by atoms with Crippen LogP contribution in [0, 0.1) is 20.8 Å². The molecule has 0 atom stereocenters. The maximum Gasteiger partial charge on any atom is 0.246 e. The second kappa shape index (κ2) is 9.78. The predicted molar refractivity (Wildman–Crippen MR) is 124 cm³/mol. The van der Waals surface area contributed by atoms with E-state index in [-0.39, 0.29) is 11.7 Å². The minimum absolute atomic E-state index is 0.0205. The van der Waals surface area contributed by atoms with Crippen LogP contribution >= 0.6 is 0 Å². The summed E-state index contributed by atoms with van der Waals surface area (Å²) >= 11 is 0. The second-order valence-corrected chi connectivity index (χ2v) is 10.6. The van der Waals surface area contributed by atoms with Gasteiger partial charge in [-0.2, -0.15) is 5.10 Å². The van der Waals surface area contributed by atoms with E-state index in [9.17, 15) is 13.2 Å². The minimum Gasteiger partial charge on any atom is -0.337 e. The van der Waals surface area contributed by atoms with Crippen molar-refractivity contribution in [2.75, 3.05) is 44.7 Å². The predicted octanol–water partition coefficient (Wildman–Crippen LogP) is 2.06. The van der Waals surface area contributed by atoms with Gasteiger partial charge in [0.25, 0.3) is 0 Å². The van der Waals surface area contributed by atoms with E-state index in [0.717, 1.165) is 17.0 Å². The van der Waals surface area contributed by atoms with E-state index in [2.05, 4.69) is 41.2 Å². The zero-order valence-electron chi connectivity index (χ0n) is 18.8. The summed E-state index contributed by atoms with van der Waals surface area (Å²) in [5.41, 5.74) is 5.34. The number of amides is 1. The van der Waals surface area contributed by atoms with E-state index >= 15 is 0 Å². The maximum atomic E-state index is 12.6. The van der Waals surface area contributed by atoms with Gasteiger partial charge < -0.3 is 4.90 Å². The lowest BCUT2D eigenvalue weighted by Gasteiger charge is -2.34. The number of aryl methyl sites for hydroxylation is 2. The van der Waals surface area contributed by atoms with Crippen molar-refractivity contribution in [1.29, 1.82) is 0 Å². The van der Waals surface area contributed by atoms with Crippen LogP contribution in [0.5, 0.6) is 0 Å². The fraction of sp³-hybridized carbons (Fsp3) is 0.478. The van der Waals surface area contributed by atoms with E-state index in [1.54, 1.807) is 6.08 Å². The first-order valence-electron chi connectivity index (χ1n) is 10.6. The van der Waals surface area contributed by atoms with Gasteiger partial charge in [-0.15, -0.1) is 0 Å². The van der Waals surface area contributed by atoms with Gasteiger partial charge in [0.15, 0.2) is 0 Å². The van der Waals surface area contributed by atoms with Crippen LogP contribution in [-0.2, 0) is 21.2 Å². The molecule has 1 aliphatic heterocycles. The van der Waals surface area contributed by atoms with Gasteiger partial charge in [0, 0.05) is 56.3 Å². The summed E-state index contributed by atoms with van der Waals surface area (Å²) < 4.78 is 24.6. The van der Waals surface area contributed by atoms with Crippen molar-refractivity contribution in [1.82, 2.24) is 19.6 Å². The molecule has 0 spiro atoms. The van der Waals surface area contributed by atoms with Crippen LogP contribution in [0.2, 0.25) is 0 Å². The van der Waals surface area contributed by atoms with Crippen molar-refractivity contribution in [3.8, 4) is 0 Å². The minimum atomic E-state index is -2.96. The van der Waals surface area contributed by atoms with E-state index in [0.29, 0.717) is 39.3 Å². The lowest BCUT2D eigenvalue weighted by atomic mass is 10.1. The number of nitrogens with zero attached hydrogens (tertiary/aromatic N) is 4. The number of aromatic nitrogens is 2. The monoisotopic (exact) mass is 444 g/mol. The Morgan fingerprint density at radius 1 is 1.06 bits per heavy atom. The molecule has 0 saturated carbocycles. The number of carbonyl (C=O) groups is 1. The molecule has 8 heteroatoms. The highest BCUT2D eigenvalue weighted by atomic mass is 32.2. The van der Waals surface area contributed by atoms with Crippen molar-refractivity contribution in [3.63, 3.8) is 0 Å². The fourth-order valence-corrected chi connectivity index (χ4v) is 4.31. The normalized spacial score (nSPS) is 15.7. The van der Waals surface area contributed by atoms with Gasteiger partial charge in [-0.05, 0) is 32.4 Å². The van der Waals surface area contributed by atoms with Crippen molar-refractivity contribution >= 4 is 21.8 Å². The Bertz CT molecular complexity index is 1050. The van der Waals surface area contributed by atoms with E-state index < -0.39 is 9.84 Å². The Morgan fingerprint density at radius 3 is 2.32 bits per heavy atom. The topological polar surface area (TPSA) is 75.5 Å². The highest BCUT2D eigenvalue weighted by Gasteiger charge is 2.20. The second-order valence-electron chi connectivity index (χ2n) is 8.36. The van der Waals surface area contributed by atoms with Gasteiger partial charge in [-0.3, -0.25) is 14.4 Å². The molecule has 1 aliphatic rings. The Balaban J connectivity index is 1.58. The largest absolute Gasteiger partial charge is 0.337 e. The molecule has 2 heterocycles. The lowest BCUT2D eigenvalue weighted by molar-refractivity contribution is -0.127.